The van der Waals surface area contributed by atoms with Gasteiger partial charge in [0.05, 0.1) is 11.7 Å². The van der Waals surface area contributed by atoms with Crippen molar-refractivity contribution in [3.8, 4) is 17.3 Å². The molecular weight excluding hydrogens is 379 g/mol. The summed E-state index contributed by atoms with van der Waals surface area (Å²) in [7, 11) is 1.45. The zero-order valence-electron chi connectivity index (χ0n) is 16.5. The molecule has 3 aromatic rings. The number of hydrogen-bond acceptors (Lipinski definition) is 6. The van der Waals surface area contributed by atoms with Crippen LogP contribution < -0.4 is 10.9 Å². The summed E-state index contributed by atoms with van der Waals surface area (Å²) in [5.74, 6) is -0.589. The molecule has 0 aliphatic carbocycles. The maximum Gasteiger partial charge on any atom is 0.296 e. The third-order valence-electron chi connectivity index (χ3n) is 4.36. The minimum atomic E-state index is -0.980. The minimum absolute atomic E-state index is 0.0304. The zero-order valence-corrected chi connectivity index (χ0v) is 16.5. The summed E-state index contributed by atoms with van der Waals surface area (Å²) < 4.78 is 19.9. The Kier molecular flexibility index (Phi) is 5.23. The van der Waals surface area contributed by atoms with Crippen molar-refractivity contribution in [3.63, 3.8) is 0 Å². The summed E-state index contributed by atoms with van der Waals surface area (Å²) in [6, 6.07) is 5.94. The second-order valence-electron chi connectivity index (χ2n) is 7.24. The zero-order chi connectivity index (χ0) is 21.3. The summed E-state index contributed by atoms with van der Waals surface area (Å²) in [5.41, 5.74) is -0.984. The van der Waals surface area contributed by atoms with E-state index in [0.29, 0.717) is 12.2 Å². The van der Waals surface area contributed by atoms with Gasteiger partial charge >= 0.3 is 0 Å². The quantitative estimate of drug-likeness (QED) is 0.680. The molecule has 2 N–H and O–H groups in total. The maximum atomic E-state index is 13.0. The number of nitrogens with zero attached hydrogens (tertiary/aromatic N) is 3. The van der Waals surface area contributed by atoms with E-state index >= 15 is 0 Å². The number of carbonyl (C=O) groups is 1. The first-order valence-electron chi connectivity index (χ1n) is 8.87. The van der Waals surface area contributed by atoms with Gasteiger partial charge in [0, 0.05) is 20.4 Å². The number of rotatable bonds is 5. The molecule has 0 fully saturated rings. The molecule has 8 nitrogen and oxygen atoms in total. The van der Waals surface area contributed by atoms with Crippen molar-refractivity contribution in [3.05, 3.63) is 63.8 Å². The summed E-state index contributed by atoms with van der Waals surface area (Å²) in [6.45, 7) is 4.73. The van der Waals surface area contributed by atoms with Crippen LogP contribution in [0.15, 0.2) is 39.7 Å². The number of amides is 1. The molecule has 0 aliphatic heterocycles. The predicted octanol–water partition coefficient (Wildman–Crippen LogP) is 2.24. The Morgan fingerprint density at radius 3 is 2.59 bits per heavy atom. The lowest BCUT2D eigenvalue weighted by Gasteiger charge is -2.27. The average molecular weight is 400 g/mol. The van der Waals surface area contributed by atoms with Crippen LogP contribution in [0, 0.1) is 5.82 Å². The van der Waals surface area contributed by atoms with Crippen LogP contribution in [0.4, 0.5) is 4.39 Å². The lowest BCUT2D eigenvalue weighted by molar-refractivity contribution is -0.120. The van der Waals surface area contributed by atoms with Gasteiger partial charge in [0.15, 0.2) is 5.69 Å². The number of nitrogens with one attached hydrogen (secondary N) is 1. The van der Waals surface area contributed by atoms with Gasteiger partial charge in [-0.15, -0.1) is 0 Å². The number of aromatic nitrogens is 3. The van der Waals surface area contributed by atoms with Crippen molar-refractivity contribution in [1.29, 1.82) is 0 Å². The highest BCUT2D eigenvalue weighted by Gasteiger charge is 2.30. The Labute approximate surface area is 166 Å². The Bertz CT molecular complexity index is 1120. The molecule has 0 unspecified atom stereocenters. The Hall–Kier alpha value is -3.49. The van der Waals surface area contributed by atoms with Crippen molar-refractivity contribution in [2.24, 2.45) is 7.05 Å². The van der Waals surface area contributed by atoms with E-state index < -0.39 is 16.8 Å². The first-order chi connectivity index (χ1) is 13.6. The van der Waals surface area contributed by atoms with Crippen molar-refractivity contribution >= 4 is 5.91 Å². The summed E-state index contributed by atoms with van der Waals surface area (Å²) in [5, 5.41) is 13.0. The molecule has 0 radical (unpaired) electrons. The standard InChI is InChI=1S/C20H21FN4O4/c1-11(26)24-20(2,3)19-23-15(16(27)18(28)25(19)4)17-22-10-14(29-17)9-12-5-7-13(21)8-6-12/h5-8,10,27H,9H2,1-4H3,(H,24,26). The normalized spacial score (nSPS) is 11.5. The number of aromatic hydroxyl groups is 1. The Balaban J connectivity index is 2.01. The molecule has 3 rings (SSSR count). The van der Waals surface area contributed by atoms with Crippen LogP contribution in [0.3, 0.4) is 0 Å². The lowest BCUT2D eigenvalue weighted by atomic mass is 10.0. The Morgan fingerprint density at radius 2 is 1.97 bits per heavy atom. The van der Waals surface area contributed by atoms with Gasteiger partial charge in [-0.3, -0.25) is 14.2 Å². The van der Waals surface area contributed by atoms with Crippen LogP contribution in [0.5, 0.6) is 5.75 Å². The van der Waals surface area contributed by atoms with E-state index in [4.69, 9.17) is 4.42 Å². The van der Waals surface area contributed by atoms with E-state index in [1.807, 2.05) is 0 Å². The number of benzene rings is 1. The van der Waals surface area contributed by atoms with E-state index in [1.165, 1.54) is 32.3 Å². The molecule has 152 valence electrons. The number of oxazole rings is 1. The van der Waals surface area contributed by atoms with Crippen LogP contribution in [-0.2, 0) is 23.8 Å². The van der Waals surface area contributed by atoms with Gasteiger partial charge in [-0.05, 0) is 31.5 Å². The predicted molar refractivity (Wildman–Crippen MR) is 103 cm³/mol. The molecule has 0 bridgehead atoms. The highest BCUT2D eigenvalue weighted by molar-refractivity contribution is 5.73. The molecule has 0 aliphatic rings. The van der Waals surface area contributed by atoms with Crippen molar-refractivity contribution in [2.75, 3.05) is 0 Å². The molecule has 0 spiro atoms. The van der Waals surface area contributed by atoms with Crippen LogP contribution in [0.1, 0.15) is 37.9 Å². The first kappa shape index (κ1) is 20.2. The maximum absolute atomic E-state index is 13.0. The van der Waals surface area contributed by atoms with Crippen LogP contribution in [0.2, 0.25) is 0 Å². The van der Waals surface area contributed by atoms with Crippen LogP contribution in [0.25, 0.3) is 11.6 Å². The molecule has 1 aromatic carbocycles. The molecule has 9 heteroatoms. The van der Waals surface area contributed by atoms with Crippen molar-refractivity contribution in [2.45, 2.75) is 32.7 Å². The lowest BCUT2D eigenvalue weighted by Crippen LogP contribution is -2.44. The van der Waals surface area contributed by atoms with Gasteiger partial charge in [-0.1, -0.05) is 12.1 Å². The molecule has 0 saturated heterocycles. The second kappa shape index (κ2) is 7.50. The van der Waals surface area contributed by atoms with E-state index in [0.717, 1.165) is 10.1 Å². The van der Waals surface area contributed by atoms with Crippen LogP contribution >= 0.6 is 0 Å². The number of hydrogen-bond donors (Lipinski definition) is 2. The second-order valence-corrected chi connectivity index (χ2v) is 7.24. The summed E-state index contributed by atoms with van der Waals surface area (Å²) >= 11 is 0. The Morgan fingerprint density at radius 1 is 1.31 bits per heavy atom. The summed E-state index contributed by atoms with van der Waals surface area (Å²) in [4.78, 5) is 32.5. The fourth-order valence-electron chi connectivity index (χ4n) is 3.10. The number of halogens is 1. The molecule has 29 heavy (non-hydrogen) atoms. The van der Waals surface area contributed by atoms with Gasteiger partial charge in [-0.2, -0.15) is 0 Å². The van der Waals surface area contributed by atoms with Crippen LogP contribution in [-0.4, -0.2) is 25.5 Å². The largest absolute Gasteiger partial charge is 0.501 e. The molecular formula is C20H21FN4O4. The molecule has 2 heterocycles. The molecule has 1 amide bonds. The van der Waals surface area contributed by atoms with E-state index in [-0.39, 0.29) is 29.1 Å². The average Bonchev–Trinajstić information content (AvgIpc) is 3.08. The van der Waals surface area contributed by atoms with Gasteiger partial charge in [0.1, 0.15) is 17.4 Å². The van der Waals surface area contributed by atoms with Gasteiger partial charge in [0.25, 0.3) is 5.56 Å². The van der Waals surface area contributed by atoms with Gasteiger partial charge in [0.2, 0.25) is 17.5 Å². The molecule has 2 aromatic heterocycles. The number of carbonyl (C=O) groups excluding carboxylic acids is 1. The SMILES string of the molecule is CC(=O)NC(C)(C)c1nc(-c2ncc(Cc3ccc(F)cc3)o2)c(O)c(=O)n1C. The smallest absolute Gasteiger partial charge is 0.296 e. The fourth-order valence-corrected chi connectivity index (χ4v) is 3.10. The van der Waals surface area contributed by atoms with Gasteiger partial charge < -0.3 is 14.8 Å². The third-order valence-corrected chi connectivity index (χ3v) is 4.36. The highest BCUT2D eigenvalue weighted by Crippen LogP contribution is 2.27. The van der Waals surface area contributed by atoms with Crippen molar-refractivity contribution in [1.82, 2.24) is 19.9 Å². The topological polar surface area (TPSA) is 110 Å². The molecule has 0 atom stereocenters. The van der Waals surface area contributed by atoms with Crippen molar-refractivity contribution < 1.29 is 18.7 Å². The van der Waals surface area contributed by atoms with E-state index in [2.05, 4.69) is 15.3 Å². The first-order valence-corrected chi connectivity index (χ1v) is 8.87. The van der Waals surface area contributed by atoms with E-state index in [9.17, 15) is 19.1 Å². The van der Waals surface area contributed by atoms with Gasteiger partial charge in [-0.25, -0.2) is 14.4 Å². The minimum Gasteiger partial charge on any atom is -0.501 e. The molecule has 0 saturated carbocycles. The van der Waals surface area contributed by atoms with E-state index in [1.54, 1.807) is 26.0 Å². The highest BCUT2D eigenvalue weighted by atomic mass is 19.1. The summed E-state index contributed by atoms with van der Waals surface area (Å²) in [6.07, 6.45) is 1.80. The monoisotopic (exact) mass is 400 g/mol. The fraction of sp³-hybridized carbons (Fsp3) is 0.300. The third kappa shape index (κ3) is 4.18.